The van der Waals surface area contributed by atoms with Crippen LogP contribution in [-0.2, 0) is 6.61 Å². The highest BCUT2D eigenvalue weighted by atomic mass is 79.9. The second kappa shape index (κ2) is 11.0. The molecule has 4 aromatic carbocycles. The molecule has 0 atom stereocenters. The molecule has 0 bridgehead atoms. The first-order valence-electron chi connectivity index (χ1n) is 10.2. The Bertz CT molecular complexity index is 1230. The molecular weight excluding hydrogens is 502 g/mol. The average Bonchev–Trinajstić information content (AvgIpc) is 2.84. The lowest BCUT2D eigenvalue weighted by molar-refractivity contribution is 0.284. The summed E-state index contributed by atoms with van der Waals surface area (Å²) in [5.74, 6) is 2.59. The molecule has 0 fully saturated rings. The number of hydrogen-bond acceptors (Lipinski definition) is 4. The van der Waals surface area contributed by atoms with Gasteiger partial charge >= 0.3 is 0 Å². The van der Waals surface area contributed by atoms with Gasteiger partial charge in [-0.3, -0.25) is 4.99 Å². The minimum atomic E-state index is 0.383. The van der Waals surface area contributed by atoms with E-state index in [4.69, 9.17) is 25.8 Å². The Labute approximate surface area is 206 Å². The van der Waals surface area contributed by atoms with Gasteiger partial charge in [0.2, 0.25) is 0 Å². The Morgan fingerprint density at radius 3 is 2.27 bits per heavy atom. The fourth-order valence-corrected chi connectivity index (χ4v) is 3.60. The van der Waals surface area contributed by atoms with Crippen molar-refractivity contribution in [3.8, 4) is 23.0 Å². The molecule has 4 aromatic rings. The van der Waals surface area contributed by atoms with E-state index in [-0.39, 0.29) is 0 Å². The van der Waals surface area contributed by atoms with Crippen LogP contribution in [0.3, 0.4) is 0 Å². The van der Waals surface area contributed by atoms with Crippen LogP contribution in [-0.4, -0.2) is 13.3 Å². The molecule has 166 valence electrons. The van der Waals surface area contributed by atoms with Gasteiger partial charge < -0.3 is 14.2 Å². The summed E-state index contributed by atoms with van der Waals surface area (Å²) in [5, 5.41) is 0.458. The molecule has 33 heavy (non-hydrogen) atoms. The summed E-state index contributed by atoms with van der Waals surface area (Å²) < 4.78 is 18.3. The van der Waals surface area contributed by atoms with Gasteiger partial charge in [0, 0.05) is 10.7 Å². The maximum absolute atomic E-state index is 6.49. The predicted molar refractivity (Wildman–Crippen MR) is 137 cm³/mol. The Kier molecular flexibility index (Phi) is 7.66. The topological polar surface area (TPSA) is 40.0 Å². The lowest BCUT2D eigenvalue weighted by Gasteiger charge is -2.13. The minimum Gasteiger partial charge on any atom is -0.493 e. The normalized spacial score (nSPS) is 10.9. The SMILES string of the molecule is COc1cc(C=Nc2ccc(Oc3ccccc3)cc2)cc(Cl)c1OCc1ccc(Br)cc1. The van der Waals surface area contributed by atoms with E-state index >= 15 is 0 Å². The standard InChI is InChI=1S/C27H21BrClNO3/c1-31-26-16-20(15-25(29)27(26)32-18-19-7-9-21(28)10-8-19)17-30-22-11-13-24(14-12-22)33-23-5-3-2-4-6-23/h2-17H,18H2,1H3. The summed E-state index contributed by atoms with van der Waals surface area (Å²) >= 11 is 9.93. The molecule has 0 aliphatic heterocycles. The van der Waals surface area contributed by atoms with Crippen LogP contribution in [0.15, 0.2) is 100 Å². The zero-order chi connectivity index (χ0) is 23.0. The molecule has 0 aromatic heterocycles. The molecule has 0 aliphatic rings. The van der Waals surface area contributed by atoms with E-state index in [1.54, 1.807) is 19.4 Å². The number of aliphatic imine (C=N–C) groups is 1. The quantitative estimate of drug-likeness (QED) is 0.219. The number of halogens is 2. The summed E-state index contributed by atoms with van der Waals surface area (Å²) in [7, 11) is 1.59. The third-order valence-electron chi connectivity index (χ3n) is 4.73. The number of para-hydroxylation sites is 1. The van der Waals surface area contributed by atoms with Crippen molar-refractivity contribution in [2.75, 3.05) is 7.11 Å². The second-order valence-electron chi connectivity index (χ2n) is 7.12. The highest BCUT2D eigenvalue weighted by Gasteiger charge is 2.12. The van der Waals surface area contributed by atoms with Crippen molar-refractivity contribution in [2.24, 2.45) is 4.99 Å². The monoisotopic (exact) mass is 521 g/mol. The molecule has 0 heterocycles. The summed E-state index contributed by atoms with van der Waals surface area (Å²) in [4.78, 5) is 4.53. The van der Waals surface area contributed by atoms with Gasteiger partial charge in [0.25, 0.3) is 0 Å². The van der Waals surface area contributed by atoms with Gasteiger partial charge in [0.15, 0.2) is 11.5 Å². The molecule has 0 saturated heterocycles. The number of hydrogen-bond donors (Lipinski definition) is 0. The molecule has 0 spiro atoms. The second-order valence-corrected chi connectivity index (χ2v) is 8.44. The van der Waals surface area contributed by atoms with Gasteiger partial charge in [-0.05, 0) is 71.8 Å². The molecule has 0 unspecified atom stereocenters. The fourth-order valence-electron chi connectivity index (χ4n) is 3.06. The maximum atomic E-state index is 6.49. The first-order valence-corrected chi connectivity index (χ1v) is 11.4. The van der Waals surface area contributed by atoms with Crippen molar-refractivity contribution in [1.29, 1.82) is 0 Å². The van der Waals surface area contributed by atoms with Crippen LogP contribution in [0.2, 0.25) is 5.02 Å². The van der Waals surface area contributed by atoms with Crippen molar-refractivity contribution in [3.63, 3.8) is 0 Å². The van der Waals surface area contributed by atoms with E-state index in [1.165, 1.54) is 0 Å². The molecule has 0 saturated carbocycles. The van der Waals surface area contributed by atoms with Crippen LogP contribution in [0.5, 0.6) is 23.0 Å². The molecule has 4 rings (SSSR count). The summed E-state index contributed by atoms with van der Waals surface area (Å²) in [6.07, 6.45) is 1.74. The van der Waals surface area contributed by atoms with Crippen LogP contribution < -0.4 is 14.2 Å². The van der Waals surface area contributed by atoms with Crippen molar-refractivity contribution >= 4 is 39.4 Å². The first-order chi connectivity index (χ1) is 16.1. The number of nitrogens with zero attached hydrogens (tertiary/aromatic N) is 1. The van der Waals surface area contributed by atoms with Crippen LogP contribution >= 0.6 is 27.5 Å². The van der Waals surface area contributed by atoms with Crippen molar-refractivity contribution in [2.45, 2.75) is 6.61 Å². The Balaban J connectivity index is 1.44. The Morgan fingerprint density at radius 1 is 0.879 bits per heavy atom. The van der Waals surface area contributed by atoms with E-state index < -0.39 is 0 Å². The third kappa shape index (κ3) is 6.37. The van der Waals surface area contributed by atoms with Gasteiger partial charge in [-0.15, -0.1) is 0 Å². The Hall–Kier alpha value is -3.28. The maximum Gasteiger partial charge on any atom is 0.180 e. The largest absolute Gasteiger partial charge is 0.493 e. The third-order valence-corrected chi connectivity index (χ3v) is 5.54. The number of benzene rings is 4. The molecule has 0 amide bonds. The van der Waals surface area contributed by atoms with E-state index in [0.29, 0.717) is 23.1 Å². The summed E-state index contributed by atoms with van der Waals surface area (Å²) in [6.45, 7) is 0.383. The van der Waals surface area contributed by atoms with E-state index in [1.807, 2.05) is 84.9 Å². The summed E-state index contributed by atoms with van der Waals surface area (Å²) in [5.41, 5.74) is 2.63. The van der Waals surface area contributed by atoms with Gasteiger partial charge in [0.1, 0.15) is 18.1 Å². The zero-order valence-corrected chi connectivity index (χ0v) is 20.2. The Morgan fingerprint density at radius 2 is 1.58 bits per heavy atom. The van der Waals surface area contributed by atoms with E-state index in [2.05, 4.69) is 20.9 Å². The van der Waals surface area contributed by atoms with Crippen molar-refractivity contribution in [1.82, 2.24) is 0 Å². The lowest BCUT2D eigenvalue weighted by Crippen LogP contribution is -1.99. The van der Waals surface area contributed by atoms with Crippen LogP contribution in [0, 0.1) is 0 Å². The molecule has 0 N–H and O–H groups in total. The van der Waals surface area contributed by atoms with Crippen LogP contribution in [0.1, 0.15) is 11.1 Å². The highest BCUT2D eigenvalue weighted by molar-refractivity contribution is 9.10. The number of ether oxygens (including phenoxy) is 3. The van der Waals surface area contributed by atoms with Gasteiger partial charge in [0.05, 0.1) is 17.8 Å². The van der Waals surface area contributed by atoms with Gasteiger partial charge in [-0.1, -0.05) is 57.9 Å². The van der Waals surface area contributed by atoms with Crippen LogP contribution in [0.25, 0.3) is 0 Å². The molecule has 6 heteroatoms. The summed E-state index contributed by atoms with van der Waals surface area (Å²) in [6, 6.07) is 28.8. The molecule has 4 nitrogen and oxygen atoms in total. The van der Waals surface area contributed by atoms with Gasteiger partial charge in [-0.25, -0.2) is 0 Å². The average molecular weight is 523 g/mol. The molecule has 0 aliphatic carbocycles. The lowest BCUT2D eigenvalue weighted by atomic mass is 10.2. The number of rotatable bonds is 8. The van der Waals surface area contributed by atoms with Crippen molar-refractivity contribution < 1.29 is 14.2 Å². The smallest absolute Gasteiger partial charge is 0.180 e. The minimum absolute atomic E-state index is 0.383. The first kappa shape index (κ1) is 22.9. The zero-order valence-electron chi connectivity index (χ0n) is 17.9. The van der Waals surface area contributed by atoms with E-state index in [0.717, 1.165) is 32.8 Å². The number of methoxy groups -OCH3 is 1. The highest BCUT2D eigenvalue weighted by Crippen LogP contribution is 2.37. The van der Waals surface area contributed by atoms with E-state index in [9.17, 15) is 0 Å². The van der Waals surface area contributed by atoms with Crippen molar-refractivity contribution in [3.05, 3.63) is 112 Å². The predicted octanol–water partition coefficient (Wildman–Crippen LogP) is 8.23. The van der Waals surface area contributed by atoms with Crippen LogP contribution in [0.4, 0.5) is 5.69 Å². The molecule has 0 radical (unpaired) electrons. The fraction of sp³-hybridized carbons (Fsp3) is 0.0741. The molecular formula is C27H21BrClNO3. The van der Waals surface area contributed by atoms with Gasteiger partial charge in [-0.2, -0.15) is 0 Å².